The Bertz CT molecular complexity index is 556. The molecule has 3 rings (SSSR count). The molecule has 2 heterocycles. The van der Waals surface area contributed by atoms with E-state index in [1.165, 1.54) is 28.0 Å². The van der Waals surface area contributed by atoms with Crippen LogP contribution in [0, 0.1) is 5.41 Å². The van der Waals surface area contributed by atoms with Crippen molar-refractivity contribution in [1.29, 1.82) is 0 Å². The molecule has 114 valence electrons. The Kier molecular flexibility index (Phi) is 4.05. The first kappa shape index (κ1) is 15.0. The number of alkyl halides is 2. The van der Waals surface area contributed by atoms with Crippen molar-refractivity contribution in [3.63, 3.8) is 0 Å². The molecule has 0 aromatic heterocycles. The Labute approximate surface area is 129 Å². The zero-order chi connectivity index (χ0) is 14.4. The van der Waals surface area contributed by atoms with E-state index in [2.05, 4.69) is 19.1 Å². The minimum atomic E-state index is -3.01. The Morgan fingerprint density at radius 3 is 2.65 bits per heavy atom. The van der Waals surface area contributed by atoms with Gasteiger partial charge in [0.1, 0.15) is 0 Å². The topological polar surface area (TPSA) is 37.4 Å². The van der Waals surface area contributed by atoms with Crippen molar-refractivity contribution in [2.75, 3.05) is 28.2 Å². The molecule has 0 saturated carbocycles. The number of hydrogen-bond donors (Lipinski definition) is 0. The zero-order valence-corrected chi connectivity index (χ0v) is 15.3. The van der Waals surface area contributed by atoms with E-state index in [1.807, 2.05) is 3.58 Å². The fraction of sp³-hybridized carbons (Fsp3) is 0.733. The number of rotatable bonds is 2. The fourth-order valence-electron chi connectivity index (χ4n) is 3.74. The number of sulfonamides is 1. The van der Waals surface area contributed by atoms with Gasteiger partial charge < -0.3 is 0 Å². The van der Waals surface area contributed by atoms with Gasteiger partial charge in [-0.3, -0.25) is 0 Å². The van der Waals surface area contributed by atoms with Crippen LogP contribution in [0.3, 0.4) is 0 Å². The Hall–Kier alpha value is 0.120. The number of piperidine rings is 1. The molecule has 3 nitrogen and oxygen atoms in total. The summed E-state index contributed by atoms with van der Waals surface area (Å²) in [5.41, 5.74) is 1.98. The fourth-order valence-corrected chi connectivity index (χ4v) is 12.1. The van der Waals surface area contributed by atoms with Gasteiger partial charge in [0, 0.05) is 0 Å². The van der Waals surface area contributed by atoms with Crippen molar-refractivity contribution in [3.8, 4) is 0 Å². The van der Waals surface area contributed by atoms with Gasteiger partial charge in [0.2, 0.25) is 0 Å². The summed E-state index contributed by atoms with van der Waals surface area (Å²) in [5.74, 6) is 0. The number of hydrogen-bond acceptors (Lipinski definition) is 2. The van der Waals surface area contributed by atoms with E-state index in [9.17, 15) is 8.42 Å². The number of nitrogens with zero attached hydrogens (tertiary/aromatic N) is 1. The third kappa shape index (κ3) is 2.50. The van der Waals surface area contributed by atoms with Gasteiger partial charge in [-0.2, -0.15) is 0 Å². The van der Waals surface area contributed by atoms with Gasteiger partial charge in [-0.25, -0.2) is 0 Å². The minimum absolute atomic E-state index is 0.342. The van der Waals surface area contributed by atoms with Crippen molar-refractivity contribution >= 4 is 29.8 Å². The van der Waals surface area contributed by atoms with Gasteiger partial charge in [-0.05, 0) is 0 Å². The van der Waals surface area contributed by atoms with E-state index in [4.69, 9.17) is 0 Å². The second-order valence-corrected chi connectivity index (χ2v) is 14.2. The summed E-state index contributed by atoms with van der Waals surface area (Å²) in [6.45, 7) is 3.80. The molecule has 5 heteroatoms. The summed E-state index contributed by atoms with van der Waals surface area (Å²) >= 11 is -0.931. The molecule has 1 saturated heterocycles. The van der Waals surface area contributed by atoms with Crippen LogP contribution < -0.4 is 0 Å². The van der Waals surface area contributed by atoms with Gasteiger partial charge in [-0.15, -0.1) is 0 Å². The van der Waals surface area contributed by atoms with Crippen LogP contribution >= 0.6 is 19.8 Å². The van der Waals surface area contributed by atoms with Crippen LogP contribution in [0.15, 0.2) is 21.3 Å². The second-order valence-electron chi connectivity index (χ2n) is 6.06. The molecular formula is C15H24INO2S. The maximum atomic E-state index is 11.7. The maximum absolute atomic E-state index is 11.7. The first-order valence-electron chi connectivity index (χ1n) is 7.43. The number of halogens is 1. The molecule has 1 fully saturated rings. The van der Waals surface area contributed by atoms with Crippen molar-refractivity contribution in [1.82, 2.24) is 4.31 Å². The zero-order valence-electron chi connectivity index (χ0n) is 12.4. The van der Waals surface area contributed by atoms with E-state index in [0.717, 1.165) is 25.9 Å². The Balaban J connectivity index is 1.85. The van der Waals surface area contributed by atoms with Crippen molar-refractivity contribution in [3.05, 3.63) is 21.3 Å². The van der Waals surface area contributed by atoms with Crippen LogP contribution in [0.5, 0.6) is 0 Å². The normalized spacial score (nSPS) is 28.2. The van der Waals surface area contributed by atoms with Crippen LogP contribution in [0.2, 0.25) is 0 Å². The molecule has 0 N–H and O–H groups in total. The Morgan fingerprint density at radius 1 is 1.35 bits per heavy atom. The van der Waals surface area contributed by atoms with E-state index in [0.29, 0.717) is 5.41 Å². The van der Waals surface area contributed by atoms with Gasteiger partial charge in [-0.1, -0.05) is 0 Å². The van der Waals surface area contributed by atoms with Crippen molar-refractivity contribution < 1.29 is 8.42 Å². The third-order valence-corrected chi connectivity index (χ3v) is 13.4. The molecular weight excluding hydrogens is 385 g/mol. The van der Waals surface area contributed by atoms with Crippen LogP contribution in [-0.2, 0) is 10.0 Å². The molecule has 2 aliphatic heterocycles. The van der Waals surface area contributed by atoms with Gasteiger partial charge in [0.25, 0.3) is 0 Å². The van der Waals surface area contributed by atoms with Crippen LogP contribution in [0.25, 0.3) is 0 Å². The van der Waals surface area contributed by atoms with Crippen LogP contribution in [-0.4, -0.2) is 40.9 Å². The van der Waals surface area contributed by atoms with E-state index >= 15 is 0 Å². The third-order valence-electron chi connectivity index (χ3n) is 4.89. The molecule has 0 atom stereocenters. The standard InChI is InChI=1S/C15H24INO2S/c1-3-16-12-15(13-6-4-5-7-14(13)16)8-10-17(11-9-15)20(2,18)19/h4,6H,3,5,7-12H2,1-2H3. The Morgan fingerprint density at radius 2 is 2.05 bits per heavy atom. The molecule has 1 aliphatic carbocycles. The SMILES string of the molecule is CCI1CC2(CCN(S(C)(=O)=O)CC2)C2=C1CCC=C2. The second kappa shape index (κ2) is 5.39. The molecule has 0 aromatic rings. The monoisotopic (exact) mass is 409 g/mol. The predicted molar refractivity (Wildman–Crippen MR) is 92.9 cm³/mol. The average molecular weight is 409 g/mol. The van der Waals surface area contributed by atoms with Gasteiger partial charge in [0.05, 0.1) is 0 Å². The summed E-state index contributed by atoms with van der Waals surface area (Å²) in [7, 11) is -3.01. The molecule has 0 radical (unpaired) electrons. The summed E-state index contributed by atoms with van der Waals surface area (Å²) < 4.78 is 29.7. The van der Waals surface area contributed by atoms with E-state index < -0.39 is 29.8 Å². The first-order chi connectivity index (χ1) is 9.46. The summed E-state index contributed by atoms with van der Waals surface area (Å²) in [4.78, 5) is 0. The molecule has 0 unspecified atom stereocenters. The molecule has 0 bridgehead atoms. The first-order valence-corrected chi connectivity index (χ1v) is 13.4. The summed E-state index contributed by atoms with van der Waals surface area (Å²) in [5, 5.41) is 0. The van der Waals surface area contributed by atoms with E-state index in [1.54, 1.807) is 9.88 Å². The summed E-state index contributed by atoms with van der Waals surface area (Å²) in [6, 6.07) is 0. The number of fused-ring (bicyclic) bond motifs is 1. The molecule has 0 aromatic carbocycles. The number of allylic oxidation sites excluding steroid dienone is 4. The molecule has 0 amide bonds. The quantitative estimate of drug-likeness (QED) is 0.519. The molecule has 3 aliphatic rings. The van der Waals surface area contributed by atoms with Crippen molar-refractivity contribution in [2.45, 2.75) is 32.6 Å². The van der Waals surface area contributed by atoms with Crippen LogP contribution in [0.1, 0.15) is 32.6 Å². The van der Waals surface area contributed by atoms with Gasteiger partial charge >= 0.3 is 130 Å². The molecule has 20 heavy (non-hydrogen) atoms. The van der Waals surface area contributed by atoms with E-state index in [-0.39, 0.29) is 0 Å². The van der Waals surface area contributed by atoms with Crippen LogP contribution in [0.4, 0.5) is 0 Å². The predicted octanol–water partition coefficient (Wildman–Crippen LogP) is 3.17. The van der Waals surface area contributed by atoms with Gasteiger partial charge in [0.15, 0.2) is 0 Å². The summed E-state index contributed by atoms with van der Waals surface area (Å²) in [6.07, 6.45) is 10.7. The average Bonchev–Trinajstić information content (AvgIpc) is 2.73. The molecule has 1 spiro atoms. The van der Waals surface area contributed by atoms with Crippen molar-refractivity contribution in [2.24, 2.45) is 5.41 Å².